The smallest absolute Gasteiger partial charge is 0.178 e. The van der Waals surface area contributed by atoms with Gasteiger partial charge in [0.15, 0.2) is 17.2 Å². The van der Waals surface area contributed by atoms with Gasteiger partial charge in [0, 0.05) is 16.7 Å². The molecule has 27 heavy (non-hydrogen) atoms. The van der Waals surface area contributed by atoms with Gasteiger partial charge in [0.25, 0.3) is 0 Å². The number of hydrogen-bond acceptors (Lipinski definition) is 4. The molecule has 2 saturated carbocycles. The molecule has 0 spiro atoms. The van der Waals surface area contributed by atoms with Gasteiger partial charge in [-0.15, -0.1) is 0 Å². The minimum absolute atomic E-state index is 0.00355. The molecule has 4 rings (SSSR count). The standard InChI is InChI=1S/C22H27FO4/c1-12-9-17-16-6-5-14-10-15(25)7-8-19(14,3)21(16,23)18(26)11-20(17,4)22(12,27)13(2)24/h5-8,10,12,16-18,26-27H,9,11H2,1-4H3/t12?,16-,17-,18?,19-,20-,21-,22-/m0/s1. The maximum atomic E-state index is 16.8. The number of allylic oxidation sites excluding steroid dienone is 6. The highest BCUT2D eigenvalue weighted by molar-refractivity contribution is 6.01. The van der Waals surface area contributed by atoms with E-state index >= 15 is 4.39 Å². The lowest BCUT2D eigenvalue weighted by molar-refractivity contribution is -0.203. The van der Waals surface area contributed by atoms with Crippen molar-refractivity contribution in [1.82, 2.24) is 0 Å². The number of alkyl halides is 1. The summed E-state index contributed by atoms with van der Waals surface area (Å²) in [6.07, 6.45) is 7.03. The Bertz CT molecular complexity index is 828. The maximum absolute atomic E-state index is 16.8. The first-order chi connectivity index (χ1) is 12.4. The van der Waals surface area contributed by atoms with Gasteiger partial charge < -0.3 is 10.2 Å². The third-order valence-electron chi connectivity index (χ3n) is 8.32. The van der Waals surface area contributed by atoms with Gasteiger partial charge in [-0.25, -0.2) is 4.39 Å². The maximum Gasteiger partial charge on any atom is 0.178 e. The SMILES string of the molecule is CC(=O)[C@@]1(O)C(C)C[C@H]2[C@@H]3C=CC4=CC(=O)C=C[C@]4(C)[C@@]3(F)C(O)C[C@@]21C. The van der Waals surface area contributed by atoms with Crippen molar-refractivity contribution in [2.24, 2.45) is 28.6 Å². The van der Waals surface area contributed by atoms with E-state index in [-0.39, 0.29) is 29.8 Å². The summed E-state index contributed by atoms with van der Waals surface area (Å²) in [5.41, 5.74) is -5.06. The van der Waals surface area contributed by atoms with E-state index in [9.17, 15) is 19.8 Å². The third-order valence-corrected chi connectivity index (χ3v) is 8.32. The van der Waals surface area contributed by atoms with E-state index in [1.807, 2.05) is 13.8 Å². The number of hydrogen-bond donors (Lipinski definition) is 2. The van der Waals surface area contributed by atoms with Crippen molar-refractivity contribution < 1.29 is 24.2 Å². The largest absolute Gasteiger partial charge is 0.390 e. The van der Waals surface area contributed by atoms with Crippen molar-refractivity contribution in [3.63, 3.8) is 0 Å². The molecule has 8 atom stereocenters. The number of ketones is 2. The van der Waals surface area contributed by atoms with Gasteiger partial charge in [0.05, 0.1) is 6.10 Å². The predicted molar refractivity (Wildman–Crippen MR) is 98.4 cm³/mol. The quantitative estimate of drug-likeness (QED) is 0.740. The molecular weight excluding hydrogens is 347 g/mol. The summed E-state index contributed by atoms with van der Waals surface area (Å²) in [6, 6.07) is 0. The summed E-state index contributed by atoms with van der Waals surface area (Å²) < 4.78 is 16.8. The van der Waals surface area contributed by atoms with Gasteiger partial charge in [-0.2, -0.15) is 0 Å². The van der Waals surface area contributed by atoms with Crippen LogP contribution < -0.4 is 0 Å². The lowest BCUT2D eigenvalue weighted by Gasteiger charge is -2.60. The highest BCUT2D eigenvalue weighted by Gasteiger charge is 2.74. The zero-order chi connectivity index (χ0) is 20.0. The molecule has 2 fully saturated rings. The minimum atomic E-state index is -2.00. The van der Waals surface area contributed by atoms with E-state index in [0.29, 0.717) is 12.0 Å². The number of carbonyl (C=O) groups is 2. The molecule has 0 aromatic heterocycles. The second kappa shape index (κ2) is 5.26. The van der Waals surface area contributed by atoms with E-state index in [4.69, 9.17) is 0 Å². The Kier molecular flexibility index (Phi) is 3.66. The van der Waals surface area contributed by atoms with Crippen LogP contribution >= 0.6 is 0 Å². The van der Waals surface area contributed by atoms with Crippen LogP contribution in [0.3, 0.4) is 0 Å². The van der Waals surface area contributed by atoms with E-state index < -0.39 is 34.1 Å². The van der Waals surface area contributed by atoms with Crippen molar-refractivity contribution in [1.29, 1.82) is 0 Å². The fourth-order valence-corrected chi connectivity index (χ4v) is 6.76. The summed E-state index contributed by atoms with van der Waals surface area (Å²) in [4.78, 5) is 24.2. The van der Waals surface area contributed by atoms with E-state index in [1.165, 1.54) is 19.1 Å². The van der Waals surface area contributed by atoms with Crippen LogP contribution in [0.2, 0.25) is 0 Å². The Morgan fingerprint density at radius 2 is 1.96 bits per heavy atom. The van der Waals surface area contributed by atoms with Crippen LogP contribution in [-0.2, 0) is 9.59 Å². The fourth-order valence-electron chi connectivity index (χ4n) is 6.76. The highest BCUT2D eigenvalue weighted by atomic mass is 19.1. The van der Waals surface area contributed by atoms with E-state index in [2.05, 4.69) is 0 Å². The van der Waals surface area contributed by atoms with Crippen molar-refractivity contribution in [3.8, 4) is 0 Å². The number of rotatable bonds is 1. The molecule has 146 valence electrons. The fraction of sp³-hybridized carbons (Fsp3) is 0.636. The molecule has 5 heteroatoms. The number of aliphatic hydroxyl groups is 2. The molecule has 0 radical (unpaired) electrons. The van der Waals surface area contributed by atoms with Gasteiger partial charge in [0.1, 0.15) is 5.60 Å². The highest BCUT2D eigenvalue weighted by Crippen LogP contribution is 2.69. The van der Waals surface area contributed by atoms with Crippen LogP contribution in [-0.4, -0.2) is 39.2 Å². The number of aliphatic hydroxyl groups excluding tert-OH is 1. The molecule has 0 aliphatic heterocycles. The second-order valence-electron chi connectivity index (χ2n) is 9.39. The lowest BCUT2D eigenvalue weighted by atomic mass is 9.46. The summed E-state index contributed by atoms with van der Waals surface area (Å²) in [7, 11) is 0. The number of halogens is 1. The molecule has 4 aliphatic carbocycles. The molecule has 2 N–H and O–H groups in total. The van der Waals surface area contributed by atoms with Crippen molar-refractivity contribution >= 4 is 11.6 Å². The molecule has 0 amide bonds. The van der Waals surface area contributed by atoms with Crippen LogP contribution in [0.5, 0.6) is 0 Å². The van der Waals surface area contributed by atoms with Crippen LogP contribution in [0.4, 0.5) is 4.39 Å². The van der Waals surface area contributed by atoms with E-state index in [1.54, 1.807) is 25.2 Å². The van der Waals surface area contributed by atoms with Gasteiger partial charge >= 0.3 is 0 Å². The molecule has 4 aliphatic rings. The van der Waals surface area contributed by atoms with Crippen molar-refractivity contribution in [2.75, 3.05) is 0 Å². The summed E-state index contributed by atoms with van der Waals surface area (Å²) in [5.74, 6) is -1.77. The van der Waals surface area contributed by atoms with Crippen LogP contribution in [0.1, 0.15) is 40.5 Å². The average molecular weight is 374 g/mol. The van der Waals surface area contributed by atoms with Crippen LogP contribution in [0.25, 0.3) is 0 Å². The number of carbonyl (C=O) groups excluding carboxylic acids is 2. The average Bonchev–Trinajstić information content (AvgIpc) is 2.79. The Balaban J connectivity index is 1.90. The van der Waals surface area contributed by atoms with Crippen molar-refractivity contribution in [3.05, 3.63) is 36.0 Å². The molecule has 0 heterocycles. The molecule has 0 saturated heterocycles. The Morgan fingerprint density at radius 3 is 2.59 bits per heavy atom. The predicted octanol–water partition coefficient (Wildman–Crippen LogP) is 2.70. The Labute approximate surface area is 158 Å². The molecule has 0 aromatic carbocycles. The number of Topliss-reactive ketones (excluding diaryl/α,β-unsaturated/α-hetero) is 1. The first-order valence-electron chi connectivity index (χ1n) is 9.67. The first-order valence-corrected chi connectivity index (χ1v) is 9.67. The summed E-state index contributed by atoms with van der Waals surface area (Å²) in [5, 5.41) is 22.4. The second-order valence-corrected chi connectivity index (χ2v) is 9.39. The zero-order valence-corrected chi connectivity index (χ0v) is 16.2. The molecular formula is C22H27FO4. The minimum Gasteiger partial charge on any atom is -0.390 e. The molecule has 0 bridgehead atoms. The monoisotopic (exact) mass is 374 g/mol. The Hall–Kier alpha value is -1.59. The van der Waals surface area contributed by atoms with Gasteiger partial charge in [-0.1, -0.05) is 32.1 Å². The molecule has 4 nitrogen and oxygen atoms in total. The zero-order valence-electron chi connectivity index (χ0n) is 16.2. The van der Waals surface area contributed by atoms with Gasteiger partial charge in [-0.3, -0.25) is 9.59 Å². The summed E-state index contributed by atoms with van der Waals surface area (Å²) >= 11 is 0. The third kappa shape index (κ3) is 1.90. The first kappa shape index (κ1) is 18.8. The lowest BCUT2D eigenvalue weighted by Crippen LogP contribution is -2.68. The topological polar surface area (TPSA) is 74.6 Å². The normalized spacial score (nSPS) is 53.4. The van der Waals surface area contributed by atoms with Gasteiger partial charge in [0.2, 0.25) is 0 Å². The van der Waals surface area contributed by atoms with Gasteiger partial charge in [-0.05, 0) is 56.3 Å². The van der Waals surface area contributed by atoms with Crippen LogP contribution in [0.15, 0.2) is 36.0 Å². The number of fused-ring (bicyclic) bond motifs is 5. The molecule has 2 unspecified atom stereocenters. The molecule has 0 aromatic rings. The van der Waals surface area contributed by atoms with E-state index in [0.717, 1.165) is 0 Å². The Morgan fingerprint density at radius 1 is 1.30 bits per heavy atom. The van der Waals surface area contributed by atoms with Crippen molar-refractivity contribution in [2.45, 2.75) is 57.9 Å². The van der Waals surface area contributed by atoms with Crippen LogP contribution in [0, 0.1) is 28.6 Å². The summed E-state index contributed by atoms with van der Waals surface area (Å²) in [6.45, 7) is 6.74.